The van der Waals surface area contributed by atoms with Gasteiger partial charge in [-0.05, 0) is 175 Å². The summed E-state index contributed by atoms with van der Waals surface area (Å²) in [7, 11) is 0. The highest BCUT2D eigenvalue weighted by atomic mass is 16.3. The molecule has 6 aliphatic carbocycles. The summed E-state index contributed by atoms with van der Waals surface area (Å²) in [5.41, 5.74) is 5.30. The maximum Gasteiger partial charge on any atom is 0.169 e. The fourth-order valence-electron chi connectivity index (χ4n) is 17.8. The molecular weight excluding hydrogens is 849 g/mol. The molecule has 13 rings (SSSR count). The standard InChI is InChI=1S/C58H64N4O6/c63-45-20-10-34(27-48(45)66)9-18-40-41-4-1-5-46(64)50(41)52(68)51(67)42(40)19-8-33-6-11-35(12-7-33)44-30-55(23-25-59-26-24-55)43-28-38-3-2-22-57(38)39-16-15-36-13-14-37-17-21-47(65)53(56(36,37)29-39)58(57,54(43)62-44)49-31-60-32-61-49/h1,4-7,9-12,15-18,20-21,27,31-32,36-39,43-44,47,53-54,59,62-68H,2-3,8,13-14,19,22-26,28-30H2,(H,60,61). The molecule has 10 nitrogen and oxygen atoms in total. The quantitative estimate of drug-likeness (QED) is 0.0438. The van der Waals surface area contributed by atoms with Gasteiger partial charge in [-0.25, -0.2) is 4.98 Å². The molecule has 12 atom stereocenters. The Hall–Kier alpha value is -5.55. The number of aliphatic hydroxyl groups excluding tert-OH is 1. The van der Waals surface area contributed by atoms with E-state index < -0.39 is 6.10 Å². The normalized spacial score (nSPS) is 36.2. The van der Waals surface area contributed by atoms with Gasteiger partial charge in [-0.3, -0.25) is 0 Å². The van der Waals surface area contributed by atoms with Crippen LogP contribution in [0.3, 0.4) is 0 Å². The lowest BCUT2D eigenvalue weighted by molar-refractivity contribution is -0.241. The number of hydrogen-bond donors (Lipinski definition) is 9. The molecule has 1 aromatic heterocycles. The average molecular weight is 913 g/mol. The number of rotatable bonds is 7. The van der Waals surface area contributed by atoms with Crippen LogP contribution in [0.2, 0.25) is 0 Å². The molecular formula is C58H64N4O6. The number of benzene rings is 4. The maximum absolute atomic E-state index is 12.9. The smallest absolute Gasteiger partial charge is 0.169 e. The Balaban J connectivity index is 0.883. The van der Waals surface area contributed by atoms with Gasteiger partial charge >= 0.3 is 0 Å². The predicted octanol–water partition coefficient (Wildman–Crippen LogP) is 9.71. The largest absolute Gasteiger partial charge is 0.507 e. The summed E-state index contributed by atoms with van der Waals surface area (Å²) < 4.78 is 0. The number of aliphatic hydroxyl groups is 1. The number of nitrogens with zero attached hydrogens (tertiary/aromatic N) is 1. The van der Waals surface area contributed by atoms with Crippen molar-refractivity contribution in [2.45, 2.75) is 101 Å². The molecule has 68 heavy (non-hydrogen) atoms. The third kappa shape index (κ3) is 5.71. The second-order valence-electron chi connectivity index (χ2n) is 22.4. The molecule has 9 N–H and O–H groups in total. The molecule has 4 aromatic carbocycles. The minimum absolute atomic E-state index is 0.00557. The van der Waals surface area contributed by atoms with E-state index in [9.17, 15) is 30.6 Å². The monoisotopic (exact) mass is 912 g/mol. The maximum atomic E-state index is 12.9. The lowest BCUT2D eigenvalue weighted by Gasteiger charge is -2.77. The SMILES string of the molecule is Oc1ccc(C=Cc2c(CCc3ccc(C4CC5(CCNCC5)C5CC6CCCC67C6C=CC8CCC9C=CC(O)C(C98C6)C7(c6cnc[nH]6)C5N4)cc3)c(O)c(O)c3c(O)cccc23)cc1O. The zero-order valence-electron chi connectivity index (χ0n) is 38.6. The number of allylic oxidation sites excluding steroid dienone is 3. The zero-order valence-corrected chi connectivity index (χ0v) is 38.6. The first-order valence-electron chi connectivity index (χ1n) is 25.6. The fraction of sp³-hybridized carbons (Fsp3) is 0.466. The zero-order chi connectivity index (χ0) is 46.2. The Kier molecular flexibility index (Phi) is 9.68. The van der Waals surface area contributed by atoms with Crippen molar-refractivity contribution in [2.24, 2.45) is 51.8 Å². The van der Waals surface area contributed by atoms with Crippen molar-refractivity contribution in [2.75, 3.05) is 13.1 Å². The summed E-state index contributed by atoms with van der Waals surface area (Å²) in [4.78, 5) is 8.72. The summed E-state index contributed by atoms with van der Waals surface area (Å²) >= 11 is 0. The van der Waals surface area contributed by atoms with Crippen LogP contribution in [0.25, 0.3) is 22.9 Å². The van der Waals surface area contributed by atoms with Gasteiger partial charge in [0.05, 0.1) is 17.8 Å². The number of phenolic OH excluding ortho intramolecular Hbond substituents is 5. The molecule has 5 aromatic rings. The second-order valence-corrected chi connectivity index (χ2v) is 22.4. The van der Waals surface area contributed by atoms with Crippen LogP contribution in [0.15, 0.2) is 97.5 Å². The van der Waals surface area contributed by atoms with Crippen molar-refractivity contribution in [3.63, 3.8) is 0 Å². The van der Waals surface area contributed by atoms with Crippen LogP contribution in [-0.2, 0) is 18.3 Å². The highest BCUT2D eigenvalue weighted by Gasteiger charge is 2.81. The van der Waals surface area contributed by atoms with Gasteiger partial charge in [0.15, 0.2) is 23.0 Å². The summed E-state index contributed by atoms with van der Waals surface area (Å²) in [6.07, 6.45) is 30.0. The van der Waals surface area contributed by atoms with Crippen LogP contribution < -0.4 is 10.6 Å². The van der Waals surface area contributed by atoms with E-state index in [0.717, 1.165) is 37.9 Å². The molecule has 352 valence electrons. The van der Waals surface area contributed by atoms with E-state index in [0.29, 0.717) is 64.5 Å². The number of fused-ring (bicyclic) bond motifs is 6. The number of nitrogens with one attached hydrogen (secondary N) is 3. The average Bonchev–Trinajstić information content (AvgIpc) is 4.13. The van der Waals surface area contributed by atoms with Crippen LogP contribution in [0.5, 0.6) is 28.7 Å². The van der Waals surface area contributed by atoms with Crippen molar-refractivity contribution < 1.29 is 30.6 Å². The lowest BCUT2D eigenvalue weighted by Crippen LogP contribution is -2.80. The number of hydrogen-bond acceptors (Lipinski definition) is 9. The Morgan fingerprint density at radius 1 is 0.750 bits per heavy atom. The van der Waals surface area contributed by atoms with Crippen molar-refractivity contribution in [3.05, 3.63) is 131 Å². The number of H-pyrrole nitrogens is 1. The van der Waals surface area contributed by atoms with Gasteiger partial charge in [-0.2, -0.15) is 0 Å². The van der Waals surface area contributed by atoms with E-state index in [1.165, 1.54) is 74.4 Å². The number of piperidine rings is 2. The van der Waals surface area contributed by atoms with Crippen molar-refractivity contribution in [1.29, 1.82) is 0 Å². The third-order valence-corrected chi connectivity index (χ3v) is 20.2. The van der Waals surface area contributed by atoms with Crippen LogP contribution in [0, 0.1) is 51.8 Å². The molecule has 8 aliphatic rings. The Bertz CT molecular complexity index is 2890. The molecule has 2 aliphatic heterocycles. The van der Waals surface area contributed by atoms with Gasteiger partial charge in [0.1, 0.15) is 5.75 Å². The molecule has 3 heterocycles. The first-order valence-corrected chi connectivity index (χ1v) is 25.6. The Morgan fingerprint density at radius 3 is 2.32 bits per heavy atom. The second kappa shape index (κ2) is 15.5. The van der Waals surface area contributed by atoms with Gasteiger partial charge in [-0.15, -0.1) is 0 Å². The van der Waals surface area contributed by atoms with Gasteiger partial charge in [0.25, 0.3) is 0 Å². The highest BCUT2D eigenvalue weighted by Crippen LogP contribution is 2.82. The molecule has 2 saturated heterocycles. The van der Waals surface area contributed by atoms with Gasteiger partial charge < -0.3 is 46.3 Å². The van der Waals surface area contributed by atoms with E-state index in [4.69, 9.17) is 4.98 Å². The molecule has 4 saturated carbocycles. The number of aromatic nitrogens is 2. The topological polar surface area (TPSA) is 174 Å². The molecule has 2 bridgehead atoms. The molecule has 0 amide bonds. The van der Waals surface area contributed by atoms with E-state index >= 15 is 0 Å². The van der Waals surface area contributed by atoms with E-state index in [1.807, 2.05) is 18.5 Å². The Labute approximate surface area is 398 Å². The predicted molar refractivity (Wildman–Crippen MR) is 263 cm³/mol. The Morgan fingerprint density at radius 2 is 1.54 bits per heavy atom. The van der Waals surface area contributed by atoms with Crippen LogP contribution in [0.4, 0.5) is 0 Å². The minimum Gasteiger partial charge on any atom is -0.507 e. The summed E-state index contributed by atoms with van der Waals surface area (Å²) in [5, 5.41) is 75.8. The number of aromatic hydroxyl groups is 5. The first kappa shape index (κ1) is 42.5. The fourth-order valence-corrected chi connectivity index (χ4v) is 17.8. The molecule has 3 spiro atoms. The van der Waals surface area contributed by atoms with Crippen molar-refractivity contribution >= 4 is 22.9 Å². The number of aryl methyl sites for hydroxylation is 1. The summed E-state index contributed by atoms with van der Waals surface area (Å²) in [6, 6.07) is 19.0. The van der Waals surface area contributed by atoms with E-state index in [1.54, 1.807) is 18.2 Å². The number of phenols is 5. The van der Waals surface area contributed by atoms with Crippen molar-refractivity contribution in [3.8, 4) is 28.7 Å². The third-order valence-electron chi connectivity index (χ3n) is 20.2. The van der Waals surface area contributed by atoms with E-state index in [2.05, 4.69) is 70.4 Å². The molecule has 6 fully saturated rings. The molecule has 12 unspecified atom stereocenters. The molecule has 10 heteroatoms. The molecule has 0 radical (unpaired) electrons. The van der Waals surface area contributed by atoms with Gasteiger partial charge in [-0.1, -0.05) is 85.3 Å². The number of imidazole rings is 1. The number of aromatic amines is 1. The first-order chi connectivity index (χ1) is 33.1. The van der Waals surface area contributed by atoms with Crippen LogP contribution in [-0.4, -0.2) is 65.8 Å². The minimum atomic E-state index is -0.531. The van der Waals surface area contributed by atoms with Crippen molar-refractivity contribution in [1.82, 2.24) is 20.6 Å². The summed E-state index contributed by atoms with van der Waals surface area (Å²) in [6.45, 7) is 2.06. The highest BCUT2D eigenvalue weighted by molar-refractivity contribution is 6.03. The van der Waals surface area contributed by atoms with Crippen LogP contribution in [0.1, 0.15) is 104 Å². The van der Waals surface area contributed by atoms with E-state index in [-0.39, 0.29) is 73.8 Å². The van der Waals surface area contributed by atoms with Crippen LogP contribution >= 0.6 is 0 Å². The van der Waals surface area contributed by atoms with Gasteiger partial charge in [0, 0.05) is 40.9 Å². The van der Waals surface area contributed by atoms with Gasteiger partial charge in [0.2, 0.25) is 0 Å². The summed E-state index contributed by atoms with van der Waals surface area (Å²) in [5.74, 6) is 1.32. The lowest BCUT2D eigenvalue weighted by atomic mass is 9.28.